The highest BCUT2D eigenvalue weighted by molar-refractivity contribution is 9.10. The number of aromatic nitrogens is 2. The van der Waals surface area contributed by atoms with Crippen LogP contribution in [0.25, 0.3) is 11.0 Å². The molecule has 0 bridgehead atoms. The quantitative estimate of drug-likeness (QED) is 0.795. The zero-order valence-corrected chi connectivity index (χ0v) is 12.1. The van der Waals surface area contributed by atoms with Crippen molar-refractivity contribution in [3.8, 4) is 0 Å². The molecule has 2 aliphatic heterocycles. The van der Waals surface area contributed by atoms with E-state index in [0.29, 0.717) is 11.6 Å². The molecule has 1 fully saturated rings. The van der Waals surface area contributed by atoms with Crippen LogP contribution in [-0.4, -0.2) is 33.5 Å². The molecule has 5 nitrogen and oxygen atoms in total. The van der Waals surface area contributed by atoms with Crippen molar-refractivity contribution >= 4 is 38.6 Å². The third-order valence-corrected chi connectivity index (χ3v) is 4.28. The van der Waals surface area contributed by atoms with Gasteiger partial charge in [0, 0.05) is 4.47 Å². The van der Waals surface area contributed by atoms with E-state index in [-0.39, 0.29) is 18.9 Å². The molecule has 1 aromatic heterocycles. The van der Waals surface area contributed by atoms with Crippen LogP contribution in [0.15, 0.2) is 16.6 Å². The van der Waals surface area contributed by atoms with E-state index in [1.165, 1.54) is 0 Å². The first-order valence-electron chi connectivity index (χ1n) is 5.92. The van der Waals surface area contributed by atoms with Crippen molar-refractivity contribution in [1.29, 1.82) is 0 Å². The molecule has 0 radical (unpaired) electrons. The number of aliphatic hydroxyl groups is 1. The smallest absolute Gasteiger partial charge is 0.164 e. The van der Waals surface area contributed by atoms with Crippen LogP contribution in [-0.2, 0) is 16.1 Å². The van der Waals surface area contributed by atoms with Gasteiger partial charge in [-0.05, 0) is 12.1 Å². The fourth-order valence-electron chi connectivity index (χ4n) is 2.74. The van der Waals surface area contributed by atoms with E-state index in [4.69, 9.17) is 21.1 Å². The maximum absolute atomic E-state index is 9.85. The number of hydrogen-bond acceptors (Lipinski definition) is 4. The van der Waals surface area contributed by atoms with Crippen LogP contribution in [0.4, 0.5) is 0 Å². The number of halogens is 2. The lowest BCUT2D eigenvalue weighted by molar-refractivity contribution is -0.0969. The van der Waals surface area contributed by atoms with Crippen molar-refractivity contribution in [2.45, 2.75) is 25.0 Å². The third-order valence-electron chi connectivity index (χ3n) is 3.53. The summed E-state index contributed by atoms with van der Waals surface area (Å²) in [5.41, 5.74) is 1.62. The zero-order chi connectivity index (χ0) is 13.1. The fourth-order valence-corrected chi connectivity index (χ4v) is 3.62. The number of rotatable bonds is 0. The van der Waals surface area contributed by atoms with Crippen molar-refractivity contribution in [2.75, 3.05) is 6.61 Å². The van der Waals surface area contributed by atoms with Crippen LogP contribution in [0.5, 0.6) is 0 Å². The lowest BCUT2D eigenvalue weighted by atomic mass is 10.2. The lowest BCUT2D eigenvalue weighted by Gasteiger charge is -2.28. The Labute approximate surface area is 122 Å². The van der Waals surface area contributed by atoms with Gasteiger partial charge in [-0.2, -0.15) is 0 Å². The monoisotopic (exact) mass is 344 g/mol. The number of ether oxygens (including phenoxy) is 2. The Bertz CT molecular complexity index is 675. The maximum atomic E-state index is 9.85. The van der Waals surface area contributed by atoms with Crippen LogP contribution >= 0.6 is 27.5 Å². The first kappa shape index (κ1) is 12.1. The van der Waals surface area contributed by atoms with Crippen molar-refractivity contribution < 1.29 is 14.6 Å². The minimum absolute atomic E-state index is 0.266. The summed E-state index contributed by atoms with van der Waals surface area (Å²) < 4.78 is 14.1. The van der Waals surface area contributed by atoms with E-state index in [2.05, 4.69) is 20.9 Å². The normalized spacial score (nSPS) is 29.5. The van der Waals surface area contributed by atoms with Crippen molar-refractivity contribution in [1.82, 2.24) is 9.55 Å². The largest absolute Gasteiger partial charge is 0.388 e. The highest BCUT2D eigenvalue weighted by Gasteiger charge is 2.43. The van der Waals surface area contributed by atoms with E-state index in [1.807, 2.05) is 16.7 Å². The highest BCUT2D eigenvalue weighted by atomic mass is 79.9. The summed E-state index contributed by atoms with van der Waals surface area (Å²) in [5.74, 6) is 0.769. The molecule has 3 atom stereocenters. The van der Waals surface area contributed by atoms with Gasteiger partial charge in [-0.1, -0.05) is 27.5 Å². The van der Waals surface area contributed by atoms with Gasteiger partial charge in [0.2, 0.25) is 0 Å². The van der Waals surface area contributed by atoms with Gasteiger partial charge < -0.3 is 14.6 Å². The van der Waals surface area contributed by atoms with Gasteiger partial charge in [0.05, 0.1) is 22.7 Å². The zero-order valence-electron chi connectivity index (χ0n) is 9.72. The average Bonchev–Trinajstić information content (AvgIpc) is 2.89. The minimum Gasteiger partial charge on any atom is -0.388 e. The molecule has 2 aromatic rings. The number of nitrogens with zero attached hydrogens (tertiary/aromatic N) is 2. The SMILES string of the molecule is O[C@@H]1CO[C@H]2[C@@H]1OCc1nc3cc(Br)cc(Cl)c3n12. The fraction of sp³-hybridized carbons (Fsp3) is 0.417. The Hall–Kier alpha value is -0.660. The molecule has 3 heterocycles. The van der Waals surface area contributed by atoms with E-state index >= 15 is 0 Å². The van der Waals surface area contributed by atoms with E-state index in [9.17, 15) is 5.11 Å². The number of fused-ring (bicyclic) bond motifs is 5. The predicted molar refractivity (Wildman–Crippen MR) is 72.0 cm³/mol. The molecule has 7 heteroatoms. The Morgan fingerprint density at radius 2 is 2.26 bits per heavy atom. The summed E-state index contributed by atoms with van der Waals surface area (Å²) >= 11 is 9.72. The molecule has 0 aliphatic carbocycles. The summed E-state index contributed by atoms with van der Waals surface area (Å²) in [5, 5.41) is 10.5. The Balaban J connectivity index is 1.98. The Morgan fingerprint density at radius 1 is 1.42 bits per heavy atom. The average molecular weight is 346 g/mol. The van der Waals surface area contributed by atoms with E-state index in [1.54, 1.807) is 0 Å². The van der Waals surface area contributed by atoms with Crippen molar-refractivity contribution in [2.24, 2.45) is 0 Å². The molecule has 0 saturated carbocycles. The van der Waals surface area contributed by atoms with Gasteiger partial charge in [-0.25, -0.2) is 4.98 Å². The molecule has 0 unspecified atom stereocenters. The van der Waals surface area contributed by atoms with Crippen LogP contribution in [0, 0.1) is 0 Å². The second-order valence-electron chi connectivity index (χ2n) is 4.72. The standard InChI is InChI=1S/C12H10BrClN2O3/c13-5-1-6(14)10-7(2-5)15-9-4-18-11-8(17)3-19-12(11)16(9)10/h1-2,8,11-12,17H,3-4H2/t8-,11-,12+/m1/s1. The molecule has 1 N–H and O–H groups in total. The van der Waals surface area contributed by atoms with Crippen LogP contribution in [0.1, 0.15) is 12.1 Å². The van der Waals surface area contributed by atoms with Crippen molar-refractivity contribution in [3.63, 3.8) is 0 Å². The van der Waals surface area contributed by atoms with Crippen molar-refractivity contribution in [3.05, 3.63) is 27.5 Å². The van der Waals surface area contributed by atoms with Gasteiger partial charge in [0.15, 0.2) is 6.23 Å². The lowest BCUT2D eigenvalue weighted by Crippen LogP contribution is -2.36. The van der Waals surface area contributed by atoms with Crippen LogP contribution in [0.3, 0.4) is 0 Å². The second kappa shape index (κ2) is 4.17. The number of hydrogen-bond donors (Lipinski definition) is 1. The molecule has 2 aliphatic rings. The Morgan fingerprint density at radius 3 is 3.11 bits per heavy atom. The van der Waals surface area contributed by atoms with Crippen LogP contribution in [0.2, 0.25) is 5.02 Å². The summed E-state index contributed by atoms with van der Waals surface area (Å²) in [6.07, 6.45) is -1.32. The predicted octanol–water partition coefficient (Wildman–Crippen LogP) is 2.24. The first-order chi connectivity index (χ1) is 9.15. The molecule has 100 valence electrons. The molecule has 0 spiro atoms. The first-order valence-corrected chi connectivity index (χ1v) is 7.09. The molecule has 4 rings (SSSR count). The number of benzene rings is 1. The summed E-state index contributed by atoms with van der Waals surface area (Å²) in [6.45, 7) is 0.618. The minimum atomic E-state index is -0.607. The topological polar surface area (TPSA) is 56.5 Å². The number of imidazole rings is 1. The van der Waals surface area contributed by atoms with E-state index in [0.717, 1.165) is 21.3 Å². The summed E-state index contributed by atoms with van der Waals surface area (Å²) in [4.78, 5) is 4.52. The molecule has 0 amide bonds. The van der Waals surface area contributed by atoms with Gasteiger partial charge in [-0.3, -0.25) is 4.57 Å². The molecule has 1 aromatic carbocycles. The van der Waals surface area contributed by atoms with Gasteiger partial charge in [0.1, 0.15) is 24.6 Å². The third kappa shape index (κ3) is 1.68. The van der Waals surface area contributed by atoms with Gasteiger partial charge in [0.25, 0.3) is 0 Å². The van der Waals surface area contributed by atoms with E-state index < -0.39 is 6.10 Å². The second-order valence-corrected chi connectivity index (χ2v) is 6.04. The molecule has 19 heavy (non-hydrogen) atoms. The van der Waals surface area contributed by atoms with Gasteiger partial charge in [-0.15, -0.1) is 0 Å². The summed E-state index contributed by atoms with van der Waals surface area (Å²) in [7, 11) is 0. The van der Waals surface area contributed by atoms with Gasteiger partial charge >= 0.3 is 0 Å². The number of aliphatic hydroxyl groups excluding tert-OH is 1. The maximum Gasteiger partial charge on any atom is 0.164 e. The molecular weight excluding hydrogens is 336 g/mol. The molecule has 1 saturated heterocycles. The molecular formula is C12H10BrClN2O3. The van der Waals surface area contributed by atoms with Crippen LogP contribution < -0.4 is 0 Å². The Kier molecular flexibility index (Phi) is 2.65. The highest BCUT2D eigenvalue weighted by Crippen LogP contribution is 2.38. The summed E-state index contributed by atoms with van der Waals surface area (Å²) in [6, 6.07) is 3.74.